The Morgan fingerprint density at radius 1 is 1.12 bits per heavy atom. The molecule has 3 rings (SSSR count). The van der Waals surface area contributed by atoms with Crippen molar-refractivity contribution in [3.63, 3.8) is 0 Å². The van der Waals surface area contributed by atoms with Gasteiger partial charge >= 0.3 is 5.97 Å². The van der Waals surface area contributed by atoms with Gasteiger partial charge in [-0.1, -0.05) is 12.1 Å². The van der Waals surface area contributed by atoms with E-state index in [1.165, 1.54) is 12.0 Å². The molecular weight excluding hydrogens is 336 g/mol. The minimum atomic E-state index is -0.527. The van der Waals surface area contributed by atoms with Gasteiger partial charge in [-0.15, -0.1) is 0 Å². The van der Waals surface area contributed by atoms with Gasteiger partial charge in [0.15, 0.2) is 0 Å². The van der Waals surface area contributed by atoms with Crippen molar-refractivity contribution < 1.29 is 23.9 Å². The highest BCUT2D eigenvalue weighted by molar-refractivity contribution is 6.21. The lowest BCUT2D eigenvalue weighted by Gasteiger charge is -2.34. The third-order valence-electron chi connectivity index (χ3n) is 4.95. The minimum absolute atomic E-state index is 0.142. The fourth-order valence-corrected chi connectivity index (χ4v) is 3.59. The first-order valence-electron chi connectivity index (χ1n) is 8.87. The Morgan fingerprint density at radius 3 is 2.38 bits per heavy atom. The molecule has 0 spiro atoms. The van der Waals surface area contributed by atoms with Crippen molar-refractivity contribution >= 4 is 23.7 Å². The molecule has 0 aromatic heterocycles. The molecule has 1 fully saturated rings. The van der Waals surface area contributed by atoms with Gasteiger partial charge in [0.1, 0.15) is 6.04 Å². The first-order chi connectivity index (χ1) is 12.5. The standard InChI is InChI=1S/C19H22N2O5/c1-26-19(25)15-9-4-5-11-20(15)16(22)10-6-12-21-17(23)13-7-2-3-8-14(13)18(21)24/h2-3,7-8,15H,4-6,9-12H2,1H3/t15-/m0/s1. The van der Waals surface area contributed by atoms with E-state index in [2.05, 4.69) is 0 Å². The lowest BCUT2D eigenvalue weighted by molar-refractivity contribution is -0.154. The number of hydrogen-bond acceptors (Lipinski definition) is 5. The van der Waals surface area contributed by atoms with Gasteiger partial charge in [0.05, 0.1) is 18.2 Å². The second kappa shape index (κ2) is 7.68. The van der Waals surface area contributed by atoms with Crippen molar-refractivity contribution in [2.45, 2.75) is 38.1 Å². The first kappa shape index (κ1) is 18.1. The zero-order valence-electron chi connectivity index (χ0n) is 14.8. The molecule has 0 unspecified atom stereocenters. The van der Waals surface area contributed by atoms with Crippen LogP contribution < -0.4 is 0 Å². The molecule has 1 aromatic carbocycles. The Balaban J connectivity index is 1.56. The van der Waals surface area contributed by atoms with Crippen LogP contribution in [0.3, 0.4) is 0 Å². The SMILES string of the molecule is COC(=O)[C@@H]1CCCCN1C(=O)CCCN1C(=O)c2ccccc2C1=O. The summed E-state index contributed by atoms with van der Waals surface area (Å²) in [7, 11) is 1.32. The molecule has 0 bridgehead atoms. The number of carbonyl (C=O) groups is 4. The van der Waals surface area contributed by atoms with E-state index in [0.29, 0.717) is 30.5 Å². The predicted molar refractivity (Wildman–Crippen MR) is 92.4 cm³/mol. The summed E-state index contributed by atoms with van der Waals surface area (Å²) in [4.78, 5) is 51.8. The predicted octanol–water partition coefficient (Wildman–Crippen LogP) is 1.62. The van der Waals surface area contributed by atoms with Gasteiger partial charge in [-0.2, -0.15) is 0 Å². The number of likely N-dealkylation sites (tertiary alicyclic amines) is 1. The van der Waals surface area contributed by atoms with Crippen LogP contribution in [0.15, 0.2) is 24.3 Å². The van der Waals surface area contributed by atoms with Crippen LogP contribution in [0.1, 0.15) is 52.8 Å². The number of amides is 3. The Morgan fingerprint density at radius 2 is 1.77 bits per heavy atom. The minimum Gasteiger partial charge on any atom is -0.467 e. The quantitative estimate of drug-likeness (QED) is 0.590. The summed E-state index contributed by atoms with van der Waals surface area (Å²) in [6, 6.07) is 6.19. The normalized spacial score (nSPS) is 19.5. The van der Waals surface area contributed by atoms with E-state index in [1.54, 1.807) is 29.2 Å². The number of methoxy groups -OCH3 is 1. The van der Waals surface area contributed by atoms with E-state index in [0.717, 1.165) is 12.8 Å². The van der Waals surface area contributed by atoms with Gasteiger partial charge in [0, 0.05) is 19.5 Å². The van der Waals surface area contributed by atoms with Gasteiger partial charge in [-0.3, -0.25) is 19.3 Å². The zero-order valence-corrected chi connectivity index (χ0v) is 14.8. The number of fused-ring (bicyclic) bond motifs is 1. The molecule has 7 nitrogen and oxygen atoms in total. The number of benzene rings is 1. The van der Waals surface area contributed by atoms with Gasteiger partial charge < -0.3 is 9.64 Å². The maximum Gasteiger partial charge on any atom is 0.328 e. The van der Waals surface area contributed by atoms with Crippen molar-refractivity contribution in [1.29, 1.82) is 0 Å². The molecule has 7 heteroatoms. The third kappa shape index (κ3) is 3.34. The van der Waals surface area contributed by atoms with E-state index in [-0.39, 0.29) is 30.7 Å². The van der Waals surface area contributed by atoms with Crippen LogP contribution in [0.5, 0.6) is 0 Å². The largest absolute Gasteiger partial charge is 0.467 e. The average Bonchev–Trinajstić information content (AvgIpc) is 2.92. The molecule has 2 aliphatic rings. The van der Waals surface area contributed by atoms with E-state index in [4.69, 9.17) is 4.74 Å². The van der Waals surface area contributed by atoms with Crippen molar-refractivity contribution in [1.82, 2.24) is 9.80 Å². The molecule has 138 valence electrons. The fourth-order valence-electron chi connectivity index (χ4n) is 3.59. The van der Waals surface area contributed by atoms with E-state index < -0.39 is 12.0 Å². The second-order valence-corrected chi connectivity index (χ2v) is 6.53. The maximum absolute atomic E-state index is 12.5. The maximum atomic E-state index is 12.5. The summed E-state index contributed by atoms with van der Waals surface area (Å²) in [5, 5.41) is 0. The van der Waals surface area contributed by atoms with Crippen LogP contribution in [0.2, 0.25) is 0 Å². The highest BCUT2D eigenvalue weighted by Crippen LogP contribution is 2.23. The van der Waals surface area contributed by atoms with Crippen molar-refractivity contribution in [2.75, 3.05) is 20.2 Å². The van der Waals surface area contributed by atoms with E-state index in [9.17, 15) is 19.2 Å². The lowest BCUT2D eigenvalue weighted by atomic mass is 10.0. The van der Waals surface area contributed by atoms with Crippen LogP contribution in [-0.2, 0) is 14.3 Å². The van der Waals surface area contributed by atoms with Gasteiger partial charge in [-0.25, -0.2) is 4.79 Å². The summed E-state index contributed by atoms with van der Waals surface area (Å²) in [6.45, 7) is 0.723. The van der Waals surface area contributed by atoms with Crippen LogP contribution in [-0.4, -0.2) is 59.7 Å². The smallest absolute Gasteiger partial charge is 0.328 e. The van der Waals surface area contributed by atoms with E-state index >= 15 is 0 Å². The number of piperidine rings is 1. The average molecular weight is 358 g/mol. The topological polar surface area (TPSA) is 84.0 Å². The molecule has 0 N–H and O–H groups in total. The number of hydrogen-bond donors (Lipinski definition) is 0. The van der Waals surface area contributed by atoms with Crippen molar-refractivity contribution in [3.8, 4) is 0 Å². The summed E-state index contributed by atoms with van der Waals surface area (Å²) in [5.74, 6) is -1.16. The molecule has 0 saturated carbocycles. The van der Waals surface area contributed by atoms with Crippen molar-refractivity contribution in [3.05, 3.63) is 35.4 Å². The molecule has 26 heavy (non-hydrogen) atoms. The summed E-state index contributed by atoms with van der Waals surface area (Å²) >= 11 is 0. The van der Waals surface area contributed by atoms with Crippen LogP contribution in [0.4, 0.5) is 0 Å². The summed E-state index contributed by atoms with van der Waals surface area (Å²) in [6.07, 6.45) is 2.91. The number of imide groups is 1. The Labute approximate surface area is 151 Å². The van der Waals surface area contributed by atoms with Gasteiger partial charge in [0.2, 0.25) is 5.91 Å². The Bertz CT molecular complexity index is 710. The number of esters is 1. The third-order valence-corrected chi connectivity index (χ3v) is 4.95. The lowest BCUT2D eigenvalue weighted by Crippen LogP contribution is -2.48. The van der Waals surface area contributed by atoms with Crippen molar-refractivity contribution in [2.24, 2.45) is 0 Å². The second-order valence-electron chi connectivity index (χ2n) is 6.53. The number of ether oxygens (including phenoxy) is 1. The van der Waals surface area contributed by atoms with E-state index in [1.807, 2.05) is 0 Å². The number of nitrogens with zero attached hydrogens (tertiary/aromatic N) is 2. The summed E-state index contributed by atoms with van der Waals surface area (Å²) in [5.41, 5.74) is 0.816. The molecule has 1 atom stereocenters. The molecule has 3 amide bonds. The summed E-state index contributed by atoms with van der Waals surface area (Å²) < 4.78 is 4.79. The first-order valence-corrected chi connectivity index (χ1v) is 8.87. The number of carbonyl (C=O) groups excluding carboxylic acids is 4. The van der Waals surface area contributed by atoms with Gasteiger partial charge in [-0.05, 0) is 37.8 Å². The molecule has 1 aromatic rings. The molecule has 2 aliphatic heterocycles. The Hall–Kier alpha value is -2.70. The van der Waals surface area contributed by atoms with Crippen LogP contribution in [0, 0.1) is 0 Å². The molecule has 1 saturated heterocycles. The zero-order chi connectivity index (χ0) is 18.7. The Kier molecular flexibility index (Phi) is 5.35. The molecular formula is C19H22N2O5. The molecule has 2 heterocycles. The van der Waals surface area contributed by atoms with Gasteiger partial charge in [0.25, 0.3) is 11.8 Å². The van der Waals surface area contributed by atoms with Crippen LogP contribution >= 0.6 is 0 Å². The molecule has 0 radical (unpaired) electrons. The molecule has 0 aliphatic carbocycles. The fraction of sp³-hybridized carbons (Fsp3) is 0.474. The number of rotatable bonds is 5. The highest BCUT2D eigenvalue weighted by Gasteiger charge is 2.35. The highest BCUT2D eigenvalue weighted by atomic mass is 16.5. The van der Waals surface area contributed by atoms with Crippen LogP contribution in [0.25, 0.3) is 0 Å². The monoisotopic (exact) mass is 358 g/mol.